The van der Waals surface area contributed by atoms with Gasteiger partial charge in [-0.05, 0) is 48.7 Å². The molecule has 0 radical (unpaired) electrons. The van der Waals surface area contributed by atoms with Crippen LogP contribution >= 0.6 is 27.3 Å². The highest BCUT2D eigenvalue weighted by Gasteiger charge is 2.30. The fraction of sp³-hybridized carbons (Fsp3) is 0.611. The molecule has 0 aromatic carbocycles. The summed E-state index contributed by atoms with van der Waals surface area (Å²) in [5, 5.41) is 0. The van der Waals surface area contributed by atoms with Gasteiger partial charge in [0, 0.05) is 29.2 Å². The van der Waals surface area contributed by atoms with Crippen molar-refractivity contribution in [3.8, 4) is 0 Å². The first-order valence-corrected chi connectivity index (χ1v) is 10.4. The summed E-state index contributed by atoms with van der Waals surface area (Å²) in [5.41, 5.74) is 0. The summed E-state index contributed by atoms with van der Waals surface area (Å²) in [4.78, 5) is 38.3. The highest BCUT2D eigenvalue weighted by Crippen LogP contribution is 2.29. The molecule has 9 heteroatoms. The van der Waals surface area contributed by atoms with E-state index in [9.17, 15) is 14.4 Å². The predicted octanol–water partition coefficient (Wildman–Crippen LogP) is 3.78. The van der Waals surface area contributed by atoms with Gasteiger partial charge in [-0.25, -0.2) is 9.59 Å². The minimum atomic E-state index is -0.384. The molecule has 150 valence electrons. The highest BCUT2D eigenvalue weighted by molar-refractivity contribution is 9.10. The smallest absolute Gasteiger partial charge is 0.410 e. The van der Waals surface area contributed by atoms with E-state index in [0.29, 0.717) is 37.3 Å². The van der Waals surface area contributed by atoms with Crippen molar-refractivity contribution >= 4 is 45.3 Å². The number of esters is 2. The summed E-state index contributed by atoms with van der Waals surface area (Å²) in [6.07, 6.45) is 1.48. The zero-order valence-corrected chi connectivity index (χ0v) is 18.1. The van der Waals surface area contributed by atoms with Gasteiger partial charge in [0.15, 0.2) is 0 Å². The molecule has 1 aromatic heterocycles. The molecule has 27 heavy (non-hydrogen) atoms. The van der Waals surface area contributed by atoms with Crippen LogP contribution in [0.2, 0.25) is 0 Å². The molecule has 0 N–H and O–H groups in total. The zero-order valence-electron chi connectivity index (χ0n) is 15.7. The Hall–Kier alpha value is -1.61. The summed E-state index contributed by atoms with van der Waals surface area (Å²) in [5.74, 6) is -0.694. The van der Waals surface area contributed by atoms with Crippen LogP contribution in [-0.4, -0.2) is 54.8 Å². The number of hydrogen-bond donors (Lipinski definition) is 0. The minimum Gasteiger partial charge on any atom is -0.464 e. The number of cyclic esters (lactones) is 1. The summed E-state index contributed by atoms with van der Waals surface area (Å²) in [6.45, 7) is 5.97. The number of hydrogen-bond acceptors (Lipinski definition) is 7. The molecule has 1 fully saturated rings. The number of nitrogens with zero attached hydrogens (tertiary/aromatic N) is 1. The lowest BCUT2D eigenvalue weighted by atomic mass is 10.1. The van der Waals surface area contributed by atoms with Crippen molar-refractivity contribution in [2.24, 2.45) is 0 Å². The van der Waals surface area contributed by atoms with Gasteiger partial charge in [0.25, 0.3) is 0 Å². The Labute approximate surface area is 171 Å². The van der Waals surface area contributed by atoms with Crippen LogP contribution in [0, 0.1) is 0 Å². The van der Waals surface area contributed by atoms with Crippen molar-refractivity contribution in [3.63, 3.8) is 0 Å². The Kier molecular flexibility index (Phi) is 8.09. The van der Waals surface area contributed by atoms with E-state index in [1.54, 1.807) is 11.0 Å². The number of carbonyl (C=O) groups is 3. The molecule has 1 saturated heterocycles. The average Bonchev–Trinajstić information content (AvgIpc) is 2.95. The van der Waals surface area contributed by atoms with Gasteiger partial charge in [-0.2, -0.15) is 0 Å². The third-order valence-corrected chi connectivity index (χ3v) is 6.08. The molecule has 2 rings (SSSR count). The second kappa shape index (κ2) is 10.1. The topological polar surface area (TPSA) is 82.1 Å². The van der Waals surface area contributed by atoms with Crippen LogP contribution in [0.1, 0.15) is 48.2 Å². The van der Waals surface area contributed by atoms with Crippen LogP contribution in [-0.2, 0) is 25.4 Å². The van der Waals surface area contributed by atoms with E-state index in [-0.39, 0.29) is 36.8 Å². The molecule has 1 amide bonds. The quantitative estimate of drug-likeness (QED) is 0.432. The van der Waals surface area contributed by atoms with Crippen LogP contribution in [0.25, 0.3) is 0 Å². The van der Waals surface area contributed by atoms with Crippen molar-refractivity contribution in [1.82, 2.24) is 4.90 Å². The van der Waals surface area contributed by atoms with E-state index in [0.717, 1.165) is 9.35 Å². The molecule has 0 bridgehead atoms. The van der Waals surface area contributed by atoms with E-state index >= 15 is 0 Å². The number of carbonyl (C=O) groups excluding carboxylic acids is 3. The first kappa shape index (κ1) is 21.7. The van der Waals surface area contributed by atoms with E-state index in [1.165, 1.54) is 18.3 Å². The van der Waals surface area contributed by atoms with E-state index in [4.69, 9.17) is 14.2 Å². The van der Waals surface area contributed by atoms with Crippen LogP contribution < -0.4 is 0 Å². The van der Waals surface area contributed by atoms with Gasteiger partial charge in [-0.1, -0.05) is 0 Å². The summed E-state index contributed by atoms with van der Waals surface area (Å²) in [7, 11) is 0. The number of halogens is 1. The lowest BCUT2D eigenvalue weighted by molar-refractivity contribution is -0.143. The lowest BCUT2D eigenvalue weighted by Crippen LogP contribution is -2.48. The standard InChI is InChI=1S/C18H24BrNO6S/c1-11(2)26-17(22)16-9-14(19)15(27-16)5-4-7-20-13(10-25-12(3)21)6-8-24-18(20)23/h9,11,13H,4-8,10H2,1-3H3. The van der Waals surface area contributed by atoms with Crippen molar-refractivity contribution in [1.29, 1.82) is 0 Å². The van der Waals surface area contributed by atoms with Gasteiger partial charge < -0.3 is 19.1 Å². The second-order valence-corrected chi connectivity index (χ2v) is 8.48. The summed E-state index contributed by atoms with van der Waals surface area (Å²) in [6, 6.07) is 1.60. The van der Waals surface area contributed by atoms with Crippen LogP contribution in [0.15, 0.2) is 10.5 Å². The van der Waals surface area contributed by atoms with E-state index < -0.39 is 0 Å². The predicted molar refractivity (Wildman–Crippen MR) is 104 cm³/mol. The number of aryl methyl sites for hydroxylation is 1. The maximum absolute atomic E-state index is 12.1. The van der Waals surface area contributed by atoms with Crippen LogP contribution in [0.3, 0.4) is 0 Å². The zero-order chi connectivity index (χ0) is 20.0. The monoisotopic (exact) mass is 461 g/mol. The molecule has 1 aliphatic rings. The molecule has 7 nitrogen and oxygen atoms in total. The van der Waals surface area contributed by atoms with Gasteiger partial charge >= 0.3 is 18.0 Å². The molecule has 2 heterocycles. The van der Waals surface area contributed by atoms with Crippen molar-refractivity contribution in [2.45, 2.75) is 52.2 Å². The largest absolute Gasteiger partial charge is 0.464 e. The molecular formula is C18H24BrNO6S. The SMILES string of the molecule is CC(=O)OCC1CCOC(=O)N1CCCc1sc(C(=O)OC(C)C)cc1Br. The molecule has 1 aliphatic heterocycles. The fourth-order valence-electron chi connectivity index (χ4n) is 2.69. The van der Waals surface area contributed by atoms with Gasteiger partial charge in [0.2, 0.25) is 0 Å². The molecular weight excluding hydrogens is 438 g/mol. The Balaban J connectivity index is 1.91. The molecule has 0 saturated carbocycles. The third-order valence-electron chi connectivity index (χ3n) is 3.94. The molecule has 0 aliphatic carbocycles. The molecule has 1 atom stereocenters. The minimum absolute atomic E-state index is 0.166. The first-order chi connectivity index (χ1) is 12.8. The number of rotatable bonds is 8. The molecule has 1 unspecified atom stereocenters. The fourth-order valence-corrected chi connectivity index (χ4v) is 4.49. The molecule has 0 spiro atoms. The summed E-state index contributed by atoms with van der Waals surface area (Å²) >= 11 is 4.87. The number of amides is 1. The number of ether oxygens (including phenoxy) is 3. The average molecular weight is 462 g/mol. The maximum Gasteiger partial charge on any atom is 0.410 e. The normalized spacial score (nSPS) is 17.0. The third kappa shape index (κ3) is 6.49. The lowest BCUT2D eigenvalue weighted by Gasteiger charge is -2.34. The highest BCUT2D eigenvalue weighted by atomic mass is 79.9. The van der Waals surface area contributed by atoms with Crippen LogP contribution in [0.4, 0.5) is 4.79 Å². The van der Waals surface area contributed by atoms with Gasteiger partial charge in [-0.3, -0.25) is 4.79 Å². The second-order valence-electron chi connectivity index (χ2n) is 6.49. The molecule has 1 aromatic rings. The Morgan fingerprint density at radius 3 is 2.85 bits per heavy atom. The van der Waals surface area contributed by atoms with E-state index in [1.807, 2.05) is 13.8 Å². The van der Waals surface area contributed by atoms with Gasteiger partial charge in [0.05, 0.1) is 18.8 Å². The maximum atomic E-state index is 12.1. The Morgan fingerprint density at radius 1 is 1.44 bits per heavy atom. The van der Waals surface area contributed by atoms with E-state index in [2.05, 4.69) is 15.9 Å². The summed E-state index contributed by atoms with van der Waals surface area (Å²) < 4.78 is 16.2. The Bertz CT molecular complexity index is 689. The van der Waals surface area contributed by atoms with Crippen molar-refractivity contribution in [2.75, 3.05) is 19.8 Å². The van der Waals surface area contributed by atoms with Crippen molar-refractivity contribution < 1.29 is 28.6 Å². The Morgan fingerprint density at radius 2 is 2.19 bits per heavy atom. The number of thiophene rings is 1. The van der Waals surface area contributed by atoms with Gasteiger partial charge in [0.1, 0.15) is 11.5 Å². The van der Waals surface area contributed by atoms with Crippen molar-refractivity contribution in [3.05, 3.63) is 20.3 Å². The van der Waals surface area contributed by atoms with Crippen LogP contribution in [0.5, 0.6) is 0 Å². The van der Waals surface area contributed by atoms with Gasteiger partial charge in [-0.15, -0.1) is 11.3 Å². The first-order valence-electron chi connectivity index (χ1n) is 8.84.